The zero-order valence-corrected chi connectivity index (χ0v) is 25.8. The Balaban J connectivity index is 1.73. The minimum atomic E-state index is -1.21. The van der Waals surface area contributed by atoms with Crippen LogP contribution >= 0.6 is 0 Å². The lowest BCUT2D eigenvalue weighted by Crippen LogP contribution is -2.52. The first-order valence-corrected chi connectivity index (χ1v) is 14.6. The van der Waals surface area contributed by atoms with Gasteiger partial charge in [-0.15, -0.1) is 0 Å². The number of hydrogen-bond donors (Lipinski definition) is 1. The van der Waals surface area contributed by atoms with Gasteiger partial charge in [-0.2, -0.15) is 0 Å². The molecule has 9 nitrogen and oxygen atoms in total. The first-order valence-electron chi connectivity index (χ1n) is 14.6. The number of unbranched alkanes of at least 4 members (excludes halogenated alkanes) is 1. The number of benzene rings is 1. The summed E-state index contributed by atoms with van der Waals surface area (Å²) in [5.41, 5.74) is -2.98. The highest BCUT2D eigenvalue weighted by molar-refractivity contribution is 6.03. The molecule has 2 atom stereocenters. The second-order valence-corrected chi connectivity index (χ2v) is 12.6. The molecule has 2 amide bonds. The van der Waals surface area contributed by atoms with Crippen LogP contribution in [-0.4, -0.2) is 58.5 Å². The minimum absolute atomic E-state index is 0.0496. The number of rotatable bonds is 10. The number of hydrogen-bond acceptors (Lipinski definition) is 6. The number of carbonyl (C=O) groups is 3. The van der Waals surface area contributed by atoms with Gasteiger partial charge in [0.2, 0.25) is 5.43 Å². The summed E-state index contributed by atoms with van der Waals surface area (Å²) in [5.74, 6) is -5.89. The quantitative estimate of drug-likeness (QED) is 0.387. The van der Waals surface area contributed by atoms with Gasteiger partial charge in [-0.05, 0) is 31.8 Å². The highest BCUT2D eigenvalue weighted by Crippen LogP contribution is 2.35. The molecule has 0 spiro atoms. The molecular formula is C32H38F3N3O6. The van der Waals surface area contributed by atoms with E-state index in [0.29, 0.717) is 25.0 Å². The molecule has 0 aliphatic carbocycles. The Labute approximate surface area is 254 Å². The maximum absolute atomic E-state index is 14.2. The molecule has 3 heterocycles. The monoisotopic (exact) mass is 617 g/mol. The van der Waals surface area contributed by atoms with Gasteiger partial charge < -0.3 is 24.3 Å². The number of aromatic nitrogens is 1. The van der Waals surface area contributed by atoms with Gasteiger partial charge >= 0.3 is 0 Å². The van der Waals surface area contributed by atoms with Crippen LogP contribution in [0.1, 0.15) is 86.8 Å². The maximum Gasteiger partial charge on any atom is 0.275 e. The molecule has 0 saturated heterocycles. The van der Waals surface area contributed by atoms with Gasteiger partial charge in [0.1, 0.15) is 29.1 Å². The van der Waals surface area contributed by atoms with Crippen molar-refractivity contribution in [2.45, 2.75) is 78.6 Å². The van der Waals surface area contributed by atoms with E-state index in [1.165, 1.54) is 15.5 Å². The molecule has 2 bridgehead atoms. The molecule has 12 heteroatoms. The molecule has 0 saturated carbocycles. The van der Waals surface area contributed by atoms with Gasteiger partial charge in [0.25, 0.3) is 11.8 Å². The molecule has 2 aliphatic rings. The third-order valence-electron chi connectivity index (χ3n) is 8.51. The Morgan fingerprint density at radius 2 is 1.73 bits per heavy atom. The van der Waals surface area contributed by atoms with Crippen LogP contribution in [0.4, 0.5) is 13.2 Å². The van der Waals surface area contributed by atoms with Crippen LogP contribution in [-0.2, 0) is 16.1 Å². The number of halogens is 3. The van der Waals surface area contributed by atoms with Crippen molar-refractivity contribution in [2.75, 3.05) is 19.8 Å². The van der Waals surface area contributed by atoms with Crippen LogP contribution < -0.4 is 15.5 Å². The molecular weight excluding hydrogens is 579 g/mol. The topological polar surface area (TPSA) is 107 Å². The Morgan fingerprint density at radius 3 is 2.34 bits per heavy atom. The molecule has 0 unspecified atom stereocenters. The van der Waals surface area contributed by atoms with E-state index in [1.807, 2.05) is 41.5 Å². The fourth-order valence-electron chi connectivity index (χ4n) is 4.76. The summed E-state index contributed by atoms with van der Waals surface area (Å²) in [6.45, 7) is 11.3. The summed E-state index contributed by atoms with van der Waals surface area (Å²) < 4.78 is 55.0. The molecule has 2 aliphatic heterocycles. The zero-order chi connectivity index (χ0) is 32.6. The number of ether oxygens (including phenoxy) is 2. The second kappa shape index (κ2) is 12.6. The fourth-order valence-corrected chi connectivity index (χ4v) is 4.76. The first-order chi connectivity index (χ1) is 20.6. The zero-order valence-electron chi connectivity index (χ0n) is 25.8. The number of amides is 2. The first kappa shape index (κ1) is 33.0. The second-order valence-electron chi connectivity index (χ2n) is 12.6. The molecule has 238 valence electrons. The molecule has 2 aromatic rings. The van der Waals surface area contributed by atoms with Crippen molar-refractivity contribution in [1.82, 2.24) is 14.8 Å². The highest BCUT2D eigenvalue weighted by atomic mass is 19.1. The predicted molar refractivity (Wildman–Crippen MR) is 156 cm³/mol. The molecule has 44 heavy (non-hydrogen) atoms. The van der Waals surface area contributed by atoms with E-state index in [9.17, 15) is 32.3 Å². The van der Waals surface area contributed by atoms with Gasteiger partial charge in [-0.3, -0.25) is 19.2 Å². The van der Waals surface area contributed by atoms with Gasteiger partial charge in [0.05, 0.1) is 24.9 Å². The number of nitrogens with one attached hydrogen (secondary N) is 1. The smallest absolute Gasteiger partial charge is 0.275 e. The standard InChI is InChI=1S/C32H38F3N3O6/c1-7-8-11-43-28-26-30(42)37-16-24(25(39)10-9-19(37)17-44-32(5,6)31(2,3)4)38(26)15-21(27(28)40)29(41)36-14-20-22(34)12-18(33)13-23(20)35/h9-10,12-13,15,19,24H,7-8,11,14,16-17H2,1-6H3,(H,36,41)/t19-,24-/m1/s1. The predicted octanol–water partition coefficient (Wildman–Crippen LogP) is 4.72. The van der Waals surface area contributed by atoms with Crippen molar-refractivity contribution in [1.29, 1.82) is 0 Å². The Hall–Kier alpha value is -3.93. The summed E-state index contributed by atoms with van der Waals surface area (Å²) in [6, 6.07) is -0.646. The third kappa shape index (κ3) is 6.45. The lowest BCUT2D eigenvalue weighted by Gasteiger charge is -2.42. The Morgan fingerprint density at radius 1 is 1.07 bits per heavy atom. The molecule has 1 aromatic carbocycles. The summed E-state index contributed by atoms with van der Waals surface area (Å²) in [5, 5.41) is 2.28. The summed E-state index contributed by atoms with van der Waals surface area (Å²) >= 11 is 0. The highest BCUT2D eigenvalue weighted by Gasteiger charge is 2.43. The normalized spacial score (nSPS) is 18.2. The number of fused-ring (bicyclic) bond motifs is 4. The Kier molecular flexibility index (Phi) is 9.43. The van der Waals surface area contributed by atoms with E-state index in [2.05, 4.69) is 5.32 Å². The van der Waals surface area contributed by atoms with Crippen molar-refractivity contribution in [2.24, 2.45) is 5.41 Å². The number of ketones is 1. The number of allylic oxidation sites excluding steroid dienone is 1. The van der Waals surface area contributed by atoms with Crippen LogP contribution in [0.25, 0.3) is 0 Å². The lowest BCUT2D eigenvalue weighted by molar-refractivity contribution is -0.118. The maximum atomic E-state index is 14.2. The van der Waals surface area contributed by atoms with Crippen molar-refractivity contribution >= 4 is 17.6 Å². The van der Waals surface area contributed by atoms with Crippen molar-refractivity contribution in [3.63, 3.8) is 0 Å². The van der Waals surface area contributed by atoms with E-state index in [1.54, 1.807) is 6.08 Å². The summed E-state index contributed by atoms with van der Waals surface area (Å²) in [4.78, 5) is 55.6. The van der Waals surface area contributed by atoms with Crippen LogP contribution in [0.5, 0.6) is 5.75 Å². The van der Waals surface area contributed by atoms with E-state index < -0.39 is 75.8 Å². The average Bonchev–Trinajstić information content (AvgIpc) is 3.07. The third-order valence-corrected chi connectivity index (χ3v) is 8.51. The van der Waals surface area contributed by atoms with E-state index >= 15 is 0 Å². The van der Waals surface area contributed by atoms with Gasteiger partial charge in [0.15, 0.2) is 17.2 Å². The van der Waals surface area contributed by atoms with Gasteiger partial charge in [-0.25, -0.2) is 13.2 Å². The van der Waals surface area contributed by atoms with Crippen LogP contribution in [0.3, 0.4) is 0 Å². The lowest BCUT2D eigenvalue weighted by atomic mass is 9.79. The molecule has 0 fully saturated rings. The SMILES string of the molecule is CCCCOc1c2n(cc(C(=O)NCc3c(F)cc(F)cc3F)c1=O)[C@@H]1CN(C2=O)[C@@H](COC(C)(C)C(C)(C)C)C=CC1=O. The summed E-state index contributed by atoms with van der Waals surface area (Å²) in [6.07, 6.45) is 5.31. The van der Waals surface area contributed by atoms with E-state index in [-0.39, 0.29) is 36.7 Å². The largest absolute Gasteiger partial charge is 0.487 e. The molecule has 0 radical (unpaired) electrons. The van der Waals surface area contributed by atoms with Crippen LogP contribution in [0.15, 0.2) is 35.3 Å². The van der Waals surface area contributed by atoms with Crippen LogP contribution in [0, 0.1) is 22.9 Å². The number of nitrogens with zero attached hydrogens (tertiary/aromatic N) is 2. The average molecular weight is 618 g/mol. The number of pyridine rings is 1. The number of carbonyl (C=O) groups excluding carboxylic acids is 3. The van der Waals surface area contributed by atoms with Crippen LogP contribution in [0.2, 0.25) is 0 Å². The van der Waals surface area contributed by atoms with Crippen molar-refractivity contribution in [3.8, 4) is 5.75 Å². The summed E-state index contributed by atoms with van der Waals surface area (Å²) in [7, 11) is 0. The molecule has 4 rings (SSSR count). The van der Waals surface area contributed by atoms with Crippen molar-refractivity contribution < 1.29 is 37.0 Å². The van der Waals surface area contributed by atoms with E-state index in [4.69, 9.17) is 9.47 Å². The van der Waals surface area contributed by atoms with Gasteiger partial charge in [0, 0.05) is 37.0 Å². The minimum Gasteiger partial charge on any atom is -0.487 e. The molecule has 1 aromatic heterocycles. The Bertz CT molecular complexity index is 1540. The fraction of sp³-hybridized carbons (Fsp3) is 0.500. The van der Waals surface area contributed by atoms with Gasteiger partial charge in [-0.1, -0.05) is 40.2 Å². The van der Waals surface area contributed by atoms with E-state index in [0.717, 1.165) is 6.20 Å². The van der Waals surface area contributed by atoms with Crippen molar-refractivity contribution in [3.05, 3.63) is 75.0 Å². The molecule has 1 N–H and O–H groups in total.